The van der Waals surface area contributed by atoms with Gasteiger partial charge in [-0.15, -0.1) is 0 Å². The zero-order chi connectivity index (χ0) is 10.6. The van der Waals surface area contributed by atoms with E-state index in [1.165, 1.54) is 6.42 Å². The van der Waals surface area contributed by atoms with Gasteiger partial charge in [-0.1, -0.05) is 13.3 Å². The third kappa shape index (κ3) is 2.69. The highest BCUT2D eigenvalue weighted by Crippen LogP contribution is 2.28. The van der Waals surface area contributed by atoms with Crippen molar-refractivity contribution in [3.05, 3.63) is 0 Å². The fourth-order valence-corrected chi connectivity index (χ4v) is 2.09. The van der Waals surface area contributed by atoms with Gasteiger partial charge in [0.2, 0.25) is 0 Å². The molecule has 1 aliphatic rings. The predicted molar refractivity (Wildman–Crippen MR) is 57.5 cm³/mol. The highest BCUT2D eigenvalue weighted by molar-refractivity contribution is 4.96. The van der Waals surface area contributed by atoms with Gasteiger partial charge < -0.3 is 14.8 Å². The van der Waals surface area contributed by atoms with Crippen LogP contribution in [-0.4, -0.2) is 38.5 Å². The molecule has 0 aromatic carbocycles. The zero-order valence-corrected chi connectivity index (χ0v) is 9.75. The van der Waals surface area contributed by atoms with E-state index < -0.39 is 0 Å². The molecule has 1 fully saturated rings. The third-order valence-electron chi connectivity index (χ3n) is 2.99. The number of ether oxygens (including phenoxy) is 2. The molecule has 0 bridgehead atoms. The molecule has 3 heteroatoms. The van der Waals surface area contributed by atoms with E-state index in [-0.39, 0.29) is 6.10 Å². The average molecular weight is 201 g/mol. The van der Waals surface area contributed by atoms with E-state index in [1.54, 1.807) is 7.11 Å². The van der Waals surface area contributed by atoms with Crippen molar-refractivity contribution in [2.24, 2.45) is 0 Å². The quantitative estimate of drug-likeness (QED) is 0.707. The van der Waals surface area contributed by atoms with Gasteiger partial charge in [-0.2, -0.15) is 0 Å². The molecule has 0 radical (unpaired) electrons. The molecule has 3 nitrogen and oxygen atoms in total. The minimum absolute atomic E-state index is 0.235. The fourth-order valence-electron chi connectivity index (χ4n) is 2.09. The van der Waals surface area contributed by atoms with Crippen molar-refractivity contribution < 1.29 is 9.47 Å². The van der Waals surface area contributed by atoms with Gasteiger partial charge in [-0.05, 0) is 26.8 Å². The fraction of sp³-hybridized carbons (Fsp3) is 1.00. The van der Waals surface area contributed by atoms with Crippen molar-refractivity contribution in [3.63, 3.8) is 0 Å². The van der Waals surface area contributed by atoms with Crippen LogP contribution >= 0.6 is 0 Å². The number of hydrogen-bond acceptors (Lipinski definition) is 3. The Morgan fingerprint density at radius 1 is 1.50 bits per heavy atom. The number of nitrogens with one attached hydrogen (secondary N) is 1. The van der Waals surface area contributed by atoms with Crippen LogP contribution in [0.5, 0.6) is 0 Å². The monoisotopic (exact) mass is 201 g/mol. The molecular weight excluding hydrogens is 178 g/mol. The summed E-state index contributed by atoms with van der Waals surface area (Å²) in [5.41, 5.74) is 0. The van der Waals surface area contributed by atoms with E-state index in [2.05, 4.69) is 19.2 Å². The van der Waals surface area contributed by atoms with E-state index >= 15 is 0 Å². The van der Waals surface area contributed by atoms with Gasteiger partial charge in [0, 0.05) is 13.2 Å². The SMILES string of the molecule is CCCC(C)OC1CC(NC)C1OC. The molecule has 1 rings (SSSR count). The van der Waals surface area contributed by atoms with Gasteiger partial charge in [0.15, 0.2) is 0 Å². The first-order chi connectivity index (χ1) is 6.72. The van der Waals surface area contributed by atoms with Gasteiger partial charge in [0.05, 0.1) is 18.3 Å². The lowest BCUT2D eigenvalue weighted by Crippen LogP contribution is -2.59. The molecule has 1 aliphatic carbocycles. The zero-order valence-electron chi connectivity index (χ0n) is 9.75. The normalized spacial score (nSPS) is 33.9. The summed E-state index contributed by atoms with van der Waals surface area (Å²) in [4.78, 5) is 0. The molecule has 0 aromatic heterocycles. The summed E-state index contributed by atoms with van der Waals surface area (Å²) in [6.45, 7) is 4.33. The largest absolute Gasteiger partial charge is 0.377 e. The maximum absolute atomic E-state index is 5.90. The van der Waals surface area contributed by atoms with Crippen molar-refractivity contribution in [1.82, 2.24) is 5.32 Å². The summed E-state index contributed by atoms with van der Waals surface area (Å²) in [5, 5.41) is 3.23. The van der Waals surface area contributed by atoms with Gasteiger partial charge >= 0.3 is 0 Å². The molecule has 0 aromatic rings. The summed E-state index contributed by atoms with van der Waals surface area (Å²) < 4.78 is 11.3. The molecule has 0 saturated heterocycles. The van der Waals surface area contributed by atoms with Crippen LogP contribution in [0.1, 0.15) is 33.1 Å². The van der Waals surface area contributed by atoms with Gasteiger partial charge in [0.1, 0.15) is 0 Å². The van der Waals surface area contributed by atoms with Crippen molar-refractivity contribution in [3.8, 4) is 0 Å². The molecule has 84 valence electrons. The molecule has 14 heavy (non-hydrogen) atoms. The van der Waals surface area contributed by atoms with Crippen LogP contribution in [-0.2, 0) is 9.47 Å². The second kappa shape index (κ2) is 5.69. The molecule has 0 amide bonds. The average Bonchev–Trinajstić information content (AvgIpc) is 2.12. The van der Waals surface area contributed by atoms with E-state index in [9.17, 15) is 0 Å². The molecule has 1 N–H and O–H groups in total. The Balaban J connectivity index is 2.26. The molecule has 4 atom stereocenters. The molecule has 0 aliphatic heterocycles. The molecular formula is C11H23NO2. The Hall–Kier alpha value is -0.120. The Morgan fingerprint density at radius 2 is 2.21 bits per heavy atom. The van der Waals surface area contributed by atoms with Crippen LogP contribution in [0.4, 0.5) is 0 Å². The lowest BCUT2D eigenvalue weighted by Gasteiger charge is -2.44. The van der Waals surface area contributed by atoms with E-state index in [0.717, 1.165) is 12.8 Å². The van der Waals surface area contributed by atoms with Crippen molar-refractivity contribution in [2.75, 3.05) is 14.2 Å². The summed E-state index contributed by atoms with van der Waals surface area (Å²) >= 11 is 0. The van der Waals surface area contributed by atoms with Crippen molar-refractivity contribution >= 4 is 0 Å². The first-order valence-electron chi connectivity index (χ1n) is 5.58. The van der Waals surface area contributed by atoms with E-state index in [0.29, 0.717) is 18.2 Å². The second-order valence-electron chi connectivity index (χ2n) is 4.11. The molecule has 0 heterocycles. The van der Waals surface area contributed by atoms with Crippen LogP contribution in [0.3, 0.4) is 0 Å². The standard InChI is InChI=1S/C11H23NO2/c1-5-6-8(2)14-10-7-9(12-3)11(10)13-4/h8-12H,5-7H2,1-4H3. The highest BCUT2D eigenvalue weighted by atomic mass is 16.5. The van der Waals surface area contributed by atoms with Crippen LogP contribution in [0, 0.1) is 0 Å². The maximum atomic E-state index is 5.90. The summed E-state index contributed by atoms with van der Waals surface area (Å²) in [7, 11) is 3.73. The van der Waals surface area contributed by atoms with Crippen LogP contribution in [0.2, 0.25) is 0 Å². The predicted octanol–water partition coefficient (Wildman–Crippen LogP) is 1.57. The highest BCUT2D eigenvalue weighted by Gasteiger charge is 2.41. The number of rotatable bonds is 6. The van der Waals surface area contributed by atoms with E-state index in [4.69, 9.17) is 9.47 Å². The van der Waals surface area contributed by atoms with Crippen LogP contribution in [0.15, 0.2) is 0 Å². The summed E-state index contributed by atoms with van der Waals surface area (Å²) in [5.74, 6) is 0. The smallest absolute Gasteiger partial charge is 0.0986 e. The van der Waals surface area contributed by atoms with Crippen LogP contribution < -0.4 is 5.32 Å². The molecule has 0 spiro atoms. The van der Waals surface area contributed by atoms with Crippen molar-refractivity contribution in [2.45, 2.75) is 57.5 Å². The Morgan fingerprint density at radius 3 is 2.71 bits per heavy atom. The van der Waals surface area contributed by atoms with Gasteiger partial charge in [-0.3, -0.25) is 0 Å². The second-order valence-corrected chi connectivity index (χ2v) is 4.11. The third-order valence-corrected chi connectivity index (χ3v) is 2.99. The Bertz CT molecular complexity index is 163. The number of hydrogen-bond donors (Lipinski definition) is 1. The Kier molecular flexibility index (Phi) is 4.85. The van der Waals surface area contributed by atoms with Crippen molar-refractivity contribution in [1.29, 1.82) is 0 Å². The van der Waals surface area contributed by atoms with Gasteiger partial charge in [0.25, 0.3) is 0 Å². The van der Waals surface area contributed by atoms with Gasteiger partial charge in [-0.25, -0.2) is 0 Å². The van der Waals surface area contributed by atoms with E-state index in [1.807, 2.05) is 7.05 Å². The molecule has 4 unspecified atom stereocenters. The minimum Gasteiger partial charge on any atom is -0.377 e. The summed E-state index contributed by atoms with van der Waals surface area (Å²) in [6.07, 6.45) is 4.28. The maximum Gasteiger partial charge on any atom is 0.0986 e. The minimum atomic E-state index is 0.235. The Labute approximate surface area is 87.2 Å². The first kappa shape index (κ1) is 12.0. The number of likely N-dealkylation sites (N-methyl/N-ethyl adjacent to an activating group) is 1. The lowest BCUT2D eigenvalue weighted by molar-refractivity contribution is -0.153. The topological polar surface area (TPSA) is 30.5 Å². The number of methoxy groups -OCH3 is 1. The summed E-state index contributed by atoms with van der Waals surface area (Å²) in [6, 6.07) is 0.471. The molecule has 1 saturated carbocycles. The first-order valence-corrected chi connectivity index (χ1v) is 5.58. The lowest BCUT2D eigenvalue weighted by atomic mass is 9.85. The van der Waals surface area contributed by atoms with Crippen LogP contribution in [0.25, 0.3) is 0 Å².